The van der Waals surface area contributed by atoms with Crippen LogP contribution in [0, 0.1) is 18.3 Å². The number of terminal acetylenes is 1. The Morgan fingerprint density at radius 1 is 1.56 bits per heavy atom. The predicted molar refractivity (Wildman–Crippen MR) is 38.9 cm³/mol. The van der Waals surface area contributed by atoms with Gasteiger partial charge in [0.1, 0.15) is 0 Å². The second kappa shape index (κ2) is 5.65. The topological polar surface area (TPSA) is 20.2 Å². The molecule has 0 aromatic heterocycles. The molecule has 0 aromatic rings. The van der Waals surface area contributed by atoms with Crippen LogP contribution in [0.2, 0.25) is 0 Å². The Kier molecular flexibility index (Phi) is 5.35. The Morgan fingerprint density at radius 2 is 2.22 bits per heavy atom. The van der Waals surface area contributed by atoms with Gasteiger partial charge in [-0.25, -0.2) is 0 Å². The lowest BCUT2D eigenvalue weighted by Gasteiger charge is -2.04. The van der Waals surface area contributed by atoms with Gasteiger partial charge in [-0.15, -0.1) is 12.3 Å². The van der Waals surface area contributed by atoms with E-state index in [-0.39, 0.29) is 6.61 Å². The van der Waals surface area contributed by atoms with Crippen molar-refractivity contribution in [2.24, 2.45) is 5.92 Å². The first-order chi connectivity index (χ1) is 4.35. The lowest BCUT2D eigenvalue weighted by atomic mass is 10.0. The van der Waals surface area contributed by atoms with E-state index in [4.69, 9.17) is 11.5 Å². The van der Waals surface area contributed by atoms with Gasteiger partial charge in [0.2, 0.25) is 0 Å². The highest BCUT2D eigenvalue weighted by Crippen LogP contribution is 2.07. The van der Waals surface area contributed by atoms with Crippen LogP contribution >= 0.6 is 0 Å². The SMILES string of the molecule is C#CC(CCC)CCO. The Morgan fingerprint density at radius 3 is 2.56 bits per heavy atom. The van der Waals surface area contributed by atoms with Gasteiger partial charge in [-0.3, -0.25) is 0 Å². The molecule has 0 saturated heterocycles. The molecule has 1 unspecified atom stereocenters. The molecule has 0 spiro atoms. The average molecular weight is 126 g/mol. The van der Waals surface area contributed by atoms with Gasteiger partial charge in [0.05, 0.1) is 0 Å². The number of aliphatic hydroxyl groups excluding tert-OH is 1. The molecule has 1 atom stereocenters. The average Bonchev–Trinajstić information content (AvgIpc) is 1.88. The molecule has 52 valence electrons. The van der Waals surface area contributed by atoms with E-state index >= 15 is 0 Å². The molecule has 0 aliphatic heterocycles. The number of hydrogen-bond acceptors (Lipinski definition) is 1. The number of aliphatic hydroxyl groups is 1. The minimum Gasteiger partial charge on any atom is -0.396 e. The summed E-state index contributed by atoms with van der Waals surface area (Å²) in [5.74, 6) is 2.94. The third kappa shape index (κ3) is 4.05. The van der Waals surface area contributed by atoms with E-state index in [9.17, 15) is 0 Å². The smallest absolute Gasteiger partial charge is 0.0442 e. The van der Waals surface area contributed by atoms with Crippen LogP contribution in [0.25, 0.3) is 0 Å². The molecule has 0 aliphatic rings. The summed E-state index contributed by atoms with van der Waals surface area (Å²) < 4.78 is 0. The fourth-order valence-electron chi connectivity index (χ4n) is 0.815. The number of hydrogen-bond donors (Lipinski definition) is 1. The van der Waals surface area contributed by atoms with Crippen LogP contribution in [0.5, 0.6) is 0 Å². The van der Waals surface area contributed by atoms with Crippen LogP contribution < -0.4 is 0 Å². The third-order valence-electron chi connectivity index (χ3n) is 1.35. The molecule has 0 radical (unpaired) electrons. The van der Waals surface area contributed by atoms with Crippen molar-refractivity contribution in [3.05, 3.63) is 0 Å². The summed E-state index contributed by atoms with van der Waals surface area (Å²) in [6, 6.07) is 0. The zero-order valence-electron chi connectivity index (χ0n) is 5.93. The van der Waals surface area contributed by atoms with Crippen molar-refractivity contribution in [1.82, 2.24) is 0 Å². The van der Waals surface area contributed by atoms with Crippen LogP contribution in [0.3, 0.4) is 0 Å². The maximum atomic E-state index is 8.50. The summed E-state index contributed by atoms with van der Waals surface area (Å²) in [6.07, 6.45) is 8.08. The third-order valence-corrected chi connectivity index (χ3v) is 1.35. The van der Waals surface area contributed by atoms with Crippen LogP contribution in [-0.4, -0.2) is 11.7 Å². The first-order valence-corrected chi connectivity index (χ1v) is 3.42. The standard InChI is InChI=1S/C8H14O/c1-3-5-8(4-2)6-7-9/h2,8-9H,3,5-7H2,1H3. The van der Waals surface area contributed by atoms with E-state index in [0.717, 1.165) is 19.3 Å². The van der Waals surface area contributed by atoms with Gasteiger partial charge in [-0.1, -0.05) is 13.3 Å². The van der Waals surface area contributed by atoms with Crippen LogP contribution in [0.4, 0.5) is 0 Å². The van der Waals surface area contributed by atoms with Gasteiger partial charge in [0.15, 0.2) is 0 Å². The molecule has 0 amide bonds. The Bertz CT molecular complexity index is 85.2. The zero-order chi connectivity index (χ0) is 7.11. The van der Waals surface area contributed by atoms with Crippen molar-refractivity contribution < 1.29 is 5.11 Å². The first kappa shape index (κ1) is 8.52. The molecular formula is C8H14O. The molecule has 0 rings (SSSR count). The maximum absolute atomic E-state index is 8.50. The first-order valence-electron chi connectivity index (χ1n) is 3.42. The highest BCUT2D eigenvalue weighted by molar-refractivity contribution is 4.92. The fourth-order valence-corrected chi connectivity index (χ4v) is 0.815. The van der Waals surface area contributed by atoms with Crippen LogP contribution in [0.1, 0.15) is 26.2 Å². The van der Waals surface area contributed by atoms with E-state index in [2.05, 4.69) is 12.8 Å². The molecule has 1 heteroatoms. The predicted octanol–water partition coefficient (Wildman–Crippen LogP) is 1.42. The van der Waals surface area contributed by atoms with Crippen LogP contribution in [0.15, 0.2) is 0 Å². The summed E-state index contributed by atoms with van der Waals surface area (Å²) in [4.78, 5) is 0. The molecule has 9 heavy (non-hydrogen) atoms. The van der Waals surface area contributed by atoms with E-state index in [1.807, 2.05) is 0 Å². The Balaban J connectivity index is 3.32. The quantitative estimate of drug-likeness (QED) is 0.565. The van der Waals surface area contributed by atoms with Gasteiger partial charge in [-0.2, -0.15) is 0 Å². The highest BCUT2D eigenvalue weighted by Gasteiger charge is 2.00. The molecule has 0 fully saturated rings. The molecule has 1 N–H and O–H groups in total. The normalized spacial score (nSPS) is 12.6. The van der Waals surface area contributed by atoms with E-state index in [1.165, 1.54) is 0 Å². The van der Waals surface area contributed by atoms with Gasteiger partial charge in [0, 0.05) is 12.5 Å². The van der Waals surface area contributed by atoms with Gasteiger partial charge in [-0.05, 0) is 12.8 Å². The van der Waals surface area contributed by atoms with E-state index in [1.54, 1.807) is 0 Å². The lowest BCUT2D eigenvalue weighted by molar-refractivity contribution is 0.268. The van der Waals surface area contributed by atoms with Crippen molar-refractivity contribution in [3.8, 4) is 12.3 Å². The van der Waals surface area contributed by atoms with Crippen LogP contribution in [-0.2, 0) is 0 Å². The Hall–Kier alpha value is -0.480. The molecular weight excluding hydrogens is 112 g/mol. The highest BCUT2D eigenvalue weighted by atomic mass is 16.2. The van der Waals surface area contributed by atoms with Gasteiger partial charge < -0.3 is 5.11 Å². The van der Waals surface area contributed by atoms with E-state index in [0.29, 0.717) is 5.92 Å². The Labute approximate surface area is 57.1 Å². The van der Waals surface area contributed by atoms with Crippen molar-refractivity contribution in [1.29, 1.82) is 0 Å². The van der Waals surface area contributed by atoms with Gasteiger partial charge >= 0.3 is 0 Å². The molecule has 0 aliphatic carbocycles. The molecule has 0 aromatic carbocycles. The minimum atomic E-state index is 0.217. The van der Waals surface area contributed by atoms with Gasteiger partial charge in [0.25, 0.3) is 0 Å². The molecule has 1 nitrogen and oxygen atoms in total. The summed E-state index contributed by atoms with van der Waals surface area (Å²) >= 11 is 0. The van der Waals surface area contributed by atoms with Crippen molar-refractivity contribution >= 4 is 0 Å². The largest absolute Gasteiger partial charge is 0.396 e. The second-order valence-electron chi connectivity index (χ2n) is 2.16. The summed E-state index contributed by atoms with van der Waals surface area (Å²) in [5, 5.41) is 8.50. The molecule has 0 bridgehead atoms. The maximum Gasteiger partial charge on any atom is 0.0442 e. The number of rotatable bonds is 4. The molecule has 0 heterocycles. The zero-order valence-corrected chi connectivity index (χ0v) is 5.93. The van der Waals surface area contributed by atoms with Crippen molar-refractivity contribution in [3.63, 3.8) is 0 Å². The van der Waals surface area contributed by atoms with Crippen molar-refractivity contribution in [2.45, 2.75) is 26.2 Å². The fraction of sp³-hybridized carbons (Fsp3) is 0.750. The monoisotopic (exact) mass is 126 g/mol. The van der Waals surface area contributed by atoms with E-state index < -0.39 is 0 Å². The minimum absolute atomic E-state index is 0.217. The lowest BCUT2D eigenvalue weighted by Crippen LogP contribution is -1.98. The van der Waals surface area contributed by atoms with Crippen molar-refractivity contribution in [2.75, 3.05) is 6.61 Å². The summed E-state index contributed by atoms with van der Waals surface area (Å²) in [6.45, 7) is 2.32. The summed E-state index contributed by atoms with van der Waals surface area (Å²) in [7, 11) is 0. The summed E-state index contributed by atoms with van der Waals surface area (Å²) in [5.41, 5.74) is 0. The molecule has 0 saturated carbocycles. The second-order valence-corrected chi connectivity index (χ2v) is 2.16.